The molecule has 4 aliphatic rings. The van der Waals surface area contributed by atoms with E-state index < -0.39 is 48.8 Å². The Hall–Kier alpha value is -2.45. The first-order valence-corrected chi connectivity index (χ1v) is 25.9. The number of nitrogens with one attached hydrogen (secondary N) is 2. The second-order valence-electron chi connectivity index (χ2n) is 16.6. The third-order valence-corrected chi connectivity index (χ3v) is 12.7. The minimum absolute atomic E-state index is 0. The van der Waals surface area contributed by atoms with Crippen LogP contribution in [-0.2, 0) is 46.8 Å². The van der Waals surface area contributed by atoms with Gasteiger partial charge in [0.15, 0.2) is 6.61 Å². The second-order valence-corrected chi connectivity index (χ2v) is 26.9. The quantitative estimate of drug-likeness (QED) is 0.160. The van der Waals surface area contributed by atoms with Crippen LogP contribution in [0.4, 0.5) is 26.3 Å². The Kier molecular flexibility index (Phi) is 16.2. The van der Waals surface area contributed by atoms with Crippen molar-refractivity contribution in [3.8, 4) is 0 Å². The number of hydrogen-bond donors (Lipinski definition) is 3. The van der Waals surface area contributed by atoms with E-state index in [1.807, 2.05) is 41.5 Å². The zero-order valence-corrected chi connectivity index (χ0v) is 38.7. The van der Waals surface area contributed by atoms with Crippen molar-refractivity contribution in [1.82, 2.24) is 10.6 Å². The predicted octanol–water partition coefficient (Wildman–Crippen LogP) is 12.1. The Balaban J connectivity index is 0.000000268. The van der Waals surface area contributed by atoms with Crippen LogP contribution in [0.1, 0.15) is 117 Å². The molecule has 2 heterocycles. The number of halogens is 7. The molecule has 60 heavy (non-hydrogen) atoms. The molecule has 0 aromatic heterocycles. The fraction of sp³-hybridized carbons (Fsp3) is 0.561. The van der Waals surface area contributed by atoms with Gasteiger partial charge in [0.05, 0.1) is 22.2 Å². The Morgan fingerprint density at radius 3 is 1.38 bits per heavy atom. The number of amides is 2. The molecular weight excluding hydrogens is 892 g/mol. The van der Waals surface area contributed by atoms with Crippen LogP contribution < -0.4 is 10.6 Å². The summed E-state index contributed by atoms with van der Waals surface area (Å²) in [5.74, 6) is 1.13. The summed E-state index contributed by atoms with van der Waals surface area (Å²) in [6.45, 7) is 11.5. The third kappa shape index (κ3) is 14.0. The van der Waals surface area contributed by atoms with Crippen molar-refractivity contribution in [1.29, 1.82) is 0 Å². The van der Waals surface area contributed by atoms with Gasteiger partial charge in [-0.25, -0.2) is 0 Å². The van der Waals surface area contributed by atoms with Crippen LogP contribution in [0.25, 0.3) is 11.1 Å². The van der Waals surface area contributed by atoms with Crippen molar-refractivity contribution in [3.05, 3.63) is 80.3 Å². The molecular formula is C41H55ClF6N2O6P2S2. The summed E-state index contributed by atoms with van der Waals surface area (Å²) >= 11 is 14.9. The Morgan fingerprint density at radius 1 is 0.717 bits per heavy atom. The molecule has 2 aromatic carbocycles. The van der Waals surface area contributed by atoms with Gasteiger partial charge in [-0.05, 0) is 149 Å². The van der Waals surface area contributed by atoms with Gasteiger partial charge in [0.1, 0.15) is 23.7 Å². The van der Waals surface area contributed by atoms with E-state index in [0.29, 0.717) is 23.0 Å². The molecule has 0 bridgehead atoms. The molecule has 19 heteroatoms. The number of hydrogen-bond acceptors (Lipinski definition) is 8. The topological polar surface area (TPSA) is 106 Å². The lowest BCUT2D eigenvalue weighted by atomic mass is 9.90. The largest absolute Gasteiger partial charge is 0.509 e. The van der Waals surface area contributed by atoms with Crippen LogP contribution in [0.2, 0.25) is 0 Å². The van der Waals surface area contributed by atoms with Gasteiger partial charge in [-0.15, -0.1) is 0 Å². The highest BCUT2D eigenvalue weighted by atomic mass is 35.7. The summed E-state index contributed by atoms with van der Waals surface area (Å²) in [5.41, 5.74) is 4.71. The van der Waals surface area contributed by atoms with Crippen LogP contribution in [0.15, 0.2) is 35.8 Å². The first-order chi connectivity index (χ1) is 26.7. The number of aliphatic hydroxyl groups excluding tert-OH is 1. The van der Waals surface area contributed by atoms with Gasteiger partial charge >= 0.3 is 12.4 Å². The molecule has 2 fully saturated rings. The van der Waals surface area contributed by atoms with Gasteiger partial charge in [0.25, 0.3) is 11.8 Å². The Labute approximate surface area is 364 Å². The summed E-state index contributed by atoms with van der Waals surface area (Å²) in [4.78, 5) is 25.1. The van der Waals surface area contributed by atoms with Crippen LogP contribution >= 0.6 is 23.3 Å². The molecule has 2 amide bonds. The fourth-order valence-corrected chi connectivity index (χ4v) is 9.07. The number of carbonyl (C=O) groups excluding carboxylic acids is 2. The van der Waals surface area contributed by atoms with Crippen molar-refractivity contribution in [2.45, 2.75) is 124 Å². The van der Waals surface area contributed by atoms with Crippen LogP contribution in [0.5, 0.6) is 0 Å². The van der Waals surface area contributed by atoms with Crippen LogP contribution in [0.3, 0.4) is 0 Å². The van der Waals surface area contributed by atoms with Crippen LogP contribution in [0, 0.1) is 27.7 Å². The minimum Gasteiger partial charge on any atom is -0.509 e. The van der Waals surface area contributed by atoms with E-state index >= 15 is 0 Å². The molecule has 8 nitrogen and oxygen atoms in total. The molecule has 2 atom stereocenters. The first kappa shape index (κ1) is 51.9. The van der Waals surface area contributed by atoms with Crippen molar-refractivity contribution < 1.29 is 54.6 Å². The highest BCUT2D eigenvalue weighted by Gasteiger charge is 2.44. The molecule has 2 saturated carbocycles. The summed E-state index contributed by atoms with van der Waals surface area (Å²) in [6, 6.07) is 8.48. The number of aryl methyl sites for hydroxylation is 4. The summed E-state index contributed by atoms with van der Waals surface area (Å²) in [5, 5.41) is 16.1. The lowest BCUT2D eigenvalue weighted by Gasteiger charge is -2.28. The van der Waals surface area contributed by atoms with E-state index in [4.69, 9.17) is 32.1 Å². The van der Waals surface area contributed by atoms with E-state index in [-0.39, 0.29) is 30.8 Å². The van der Waals surface area contributed by atoms with Crippen LogP contribution in [-0.4, -0.2) is 66.9 Å². The Morgan fingerprint density at radius 2 is 1.07 bits per heavy atom. The highest BCUT2D eigenvalue weighted by Crippen LogP contribution is 2.53. The van der Waals surface area contributed by atoms with Gasteiger partial charge in [-0.3, -0.25) is 9.59 Å². The number of alkyl halides is 6. The van der Waals surface area contributed by atoms with E-state index in [9.17, 15) is 41.0 Å². The van der Waals surface area contributed by atoms with Crippen molar-refractivity contribution >= 4 is 69.9 Å². The maximum atomic E-state index is 12.8. The smallest absolute Gasteiger partial charge is 0.412 e. The van der Waals surface area contributed by atoms with E-state index in [1.54, 1.807) is 13.8 Å². The summed E-state index contributed by atoms with van der Waals surface area (Å²) in [7, 11) is 0. The average Bonchev–Trinajstić information content (AvgIpc) is 3.98. The van der Waals surface area contributed by atoms with Crippen molar-refractivity contribution in [3.63, 3.8) is 0 Å². The van der Waals surface area contributed by atoms with Crippen molar-refractivity contribution in [2.75, 3.05) is 26.5 Å². The zero-order valence-electron chi connectivity index (χ0n) is 34.6. The lowest BCUT2D eigenvalue weighted by molar-refractivity contribution is -0.153. The first-order valence-electron chi connectivity index (χ1n) is 18.8. The normalized spacial score (nSPS) is 20.4. The fourth-order valence-electron chi connectivity index (χ4n) is 6.92. The average molecular weight is 947 g/mol. The van der Waals surface area contributed by atoms with Gasteiger partial charge < -0.3 is 29.3 Å². The molecule has 336 valence electrons. The maximum Gasteiger partial charge on any atom is 0.412 e. The Bertz CT molecular complexity index is 2110. The van der Waals surface area contributed by atoms with Gasteiger partial charge in [0, 0.05) is 13.3 Å². The standard InChI is InChI=1S/C20H25F3NO3PS.C17H21NO2.C3H5ClF3OPS.CH4/c1-11-8-14(13-6-7-13)9-12(2)15(11)16-17(19(3,4)24-18(16)25)27-28(5,29)26-10-20(21,22)23;1-9-7-12(11-5-6-11)8-10(2)13(9)14-15(19)17(3,4)18-16(14)20;1-9(4,10)8-2-3(5,6)7;/h8-9,13H,6-7,10H2,1-5H3,(H,24,25);7-8,11,19H,5-6H2,1-4H3,(H,18,20);2H2,1H3;1H4. The molecule has 6 rings (SSSR count). The van der Waals surface area contributed by atoms with Crippen molar-refractivity contribution in [2.24, 2.45) is 0 Å². The van der Waals surface area contributed by atoms with Gasteiger partial charge in [-0.1, -0.05) is 54.7 Å². The monoisotopic (exact) mass is 946 g/mol. The SMILES string of the molecule is C.CP(=S)(Cl)OCC(F)(F)F.Cc1cc(C2CC2)cc(C)c1C1=C(O)C(C)(C)NC1=O.Cc1cc(C2CC2)cc(C)c1C1=C(OP(C)(=S)OCC(F)(F)F)C(C)(C)NC1=O. The van der Waals surface area contributed by atoms with E-state index in [1.165, 1.54) is 37.3 Å². The van der Waals surface area contributed by atoms with E-state index in [2.05, 4.69) is 51.2 Å². The summed E-state index contributed by atoms with van der Waals surface area (Å²) in [6.07, 6.45) is -3.99. The molecule has 2 aliphatic heterocycles. The minimum atomic E-state index is -4.51. The number of benzene rings is 2. The number of carbonyl (C=O) groups is 2. The molecule has 0 radical (unpaired) electrons. The molecule has 2 unspecified atom stereocenters. The molecule has 0 spiro atoms. The maximum absolute atomic E-state index is 12.8. The second kappa shape index (κ2) is 18.7. The molecule has 2 aromatic rings. The molecule has 2 aliphatic carbocycles. The number of rotatable bonds is 10. The van der Waals surface area contributed by atoms with Gasteiger partial charge in [-0.2, -0.15) is 26.3 Å². The zero-order chi connectivity index (χ0) is 44.8. The van der Waals surface area contributed by atoms with E-state index in [0.717, 1.165) is 46.2 Å². The lowest BCUT2D eigenvalue weighted by Crippen LogP contribution is -2.38. The van der Waals surface area contributed by atoms with Gasteiger partial charge in [0.2, 0.25) is 6.49 Å². The molecule has 0 saturated heterocycles. The number of aliphatic hydroxyl groups is 1. The molecule has 3 N–H and O–H groups in total. The predicted molar refractivity (Wildman–Crippen MR) is 235 cm³/mol. The summed E-state index contributed by atoms with van der Waals surface area (Å²) < 4.78 is 86.8. The third-order valence-electron chi connectivity index (χ3n) is 9.82. The highest BCUT2D eigenvalue weighted by molar-refractivity contribution is 8.24.